The van der Waals surface area contributed by atoms with Crippen molar-refractivity contribution >= 4 is 11.6 Å². The number of nitrogens with zero attached hydrogens (tertiary/aromatic N) is 1. The molecule has 1 atom stereocenters. The highest BCUT2D eigenvalue weighted by Gasteiger charge is 2.07. The number of carbonyl (C=O) groups excluding carboxylic acids is 1. The minimum Gasteiger partial charge on any atom is -0.325 e. The topological polar surface area (TPSA) is 64.9 Å². The summed E-state index contributed by atoms with van der Waals surface area (Å²) in [6.07, 6.45) is 0.379. The lowest BCUT2D eigenvalue weighted by Crippen LogP contribution is -2.30. The average Bonchev–Trinajstić information content (AvgIpc) is 2.55. The molecule has 0 radical (unpaired) electrons. The molecule has 0 aliphatic heterocycles. The van der Waals surface area contributed by atoms with Gasteiger partial charge in [-0.3, -0.25) is 4.79 Å². The van der Waals surface area contributed by atoms with Crippen molar-refractivity contribution in [2.75, 3.05) is 11.9 Å². The lowest BCUT2D eigenvalue weighted by atomic mass is 10.1. The number of rotatable bonds is 6. The van der Waals surface area contributed by atoms with Crippen molar-refractivity contribution in [1.29, 1.82) is 5.26 Å². The molecule has 2 rings (SSSR count). The molecule has 0 fully saturated rings. The summed E-state index contributed by atoms with van der Waals surface area (Å²) in [6.45, 7) is 2.27. The van der Waals surface area contributed by atoms with Gasteiger partial charge in [0.15, 0.2) is 0 Å². The number of benzene rings is 2. The molecule has 22 heavy (non-hydrogen) atoms. The normalized spacial score (nSPS) is 11.5. The maximum atomic E-state index is 11.9. The Bertz CT molecular complexity index is 644. The predicted octanol–water partition coefficient (Wildman–Crippen LogP) is 3.04. The van der Waals surface area contributed by atoms with Gasteiger partial charge in [0.2, 0.25) is 5.91 Å². The first-order chi connectivity index (χ1) is 10.7. The Labute approximate surface area is 130 Å². The Hall–Kier alpha value is -2.64. The van der Waals surface area contributed by atoms with E-state index in [4.69, 9.17) is 5.26 Å². The van der Waals surface area contributed by atoms with Crippen LogP contribution in [-0.2, 0) is 11.2 Å². The van der Waals surface area contributed by atoms with E-state index in [1.54, 1.807) is 0 Å². The fourth-order valence-corrected chi connectivity index (χ4v) is 2.11. The molecular formula is C18H19N3O. The zero-order valence-electron chi connectivity index (χ0n) is 12.5. The van der Waals surface area contributed by atoms with Crippen LogP contribution in [0.1, 0.15) is 24.1 Å². The van der Waals surface area contributed by atoms with Crippen LogP contribution in [0.4, 0.5) is 5.69 Å². The summed E-state index contributed by atoms with van der Waals surface area (Å²) < 4.78 is 0. The molecule has 0 unspecified atom stereocenters. The monoisotopic (exact) mass is 293 g/mol. The molecule has 2 aromatic rings. The summed E-state index contributed by atoms with van der Waals surface area (Å²) in [4.78, 5) is 11.9. The summed E-state index contributed by atoms with van der Waals surface area (Å²) >= 11 is 0. The Balaban J connectivity index is 1.81. The molecular weight excluding hydrogens is 274 g/mol. The van der Waals surface area contributed by atoms with Crippen molar-refractivity contribution in [1.82, 2.24) is 5.32 Å². The molecule has 0 aliphatic carbocycles. The van der Waals surface area contributed by atoms with Crippen LogP contribution in [0.15, 0.2) is 54.6 Å². The van der Waals surface area contributed by atoms with Crippen molar-refractivity contribution in [3.63, 3.8) is 0 Å². The molecule has 0 bridgehead atoms. The second-order valence-corrected chi connectivity index (χ2v) is 5.09. The Morgan fingerprint density at radius 3 is 2.45 bits per heavy atom. The van der Waals surface area contributed by atoms with E-state index in [1.165, 1.54) is 0 Å². The maximum Gasteiger partial charge on any atom is 0.238 e. The lowest BCUT2D eigenvalue weighted by Gasteiger charge is -2.14. The summed E-state index contributed by atoms with van der Waals surface area (Å²) in [7, 11) is 0. The fourth-order valence-electron chi connectivity index (χ4n) is 2.11. The van der Waals surface area contributed by atoms with Crippen LogP contribution >= 0.6 is 0 Å². The van der Waals surface area contributed by atoms with Crippen molar-refractivity contribution in [3.05, 3.63) is 65.7 Å². The SMILES string of the molecule is C[C@@H](NCC(=O)Nc1ccc(CC#N)cc1)c1ccccc1. The van der Waals surface area contributed by atoms with E-state index in [0.717, 1.165) is 16.8 Å². The van der Waals surface area contributed by atoms with Crippen molar-refractivity contribution < 1.29 is 4.79 Å². The third kappa shape index (κ3) is 4.72. The molecule has 0 saturated heterocycles. The molecule has 112 valence electrons. The van der Waals surface area contributed by atoms with Crippen molar-refractivity contribution in [3.8, 4) is 6.07 Å². The third-order valence-corrected chi connectivity index (χ3v) is 3.39. The predicted molar refractivity (Wildman–Crippen MR) is 87.2 cm³/mol. The molecule has 0 heterocycles. The summed E-state index contributed by atoms with van der Waals surface area (Å²) in [5, 5.41) is 14.7. The van der Waals surface area contributed by atoms with Gasteiger partial charge in [-0.15, -0.1) is 0 Å². The standard InChI is InChI=1S/C18H19N3O/c1-14(16-5-3-2-4-6-16)20-13-18(22)21-17-9-7-15(8-10-17)11-12-19/h2-10,14,20H,11,13H2,1H3,(H,21,22)/t14-/m1/s1. The number of nitrogens with one attached hydrogen (secondary N) is 2. The number of nitriles is 1. The van der Waals surface area contributed by atoms with Gasteiger partial charge in [0.05, 0.1) is 19.0 Å². The molecule has 2 N–H and O–H groups in total. The molecule has 1 amide bonds. The van der Waals surface area contributed by atoms with Crippen LogP contribution in [0, 0.1) is 11.3 Å². The van der Waals surface area contributed by atoms with Crippen LogP contribution < -0.4 is 10.6 Å². The maximum absolute atomic E-state index is 11.9. The zero-order chi connectivity index (χ0) is 15.8. The zero-order valence-corrected chi connectivity index (χ0v) is 12.5. The fraction of sp³-hybridized carbons (Fsp3) is 0.222. The molecule has 4 heteroatoms. The van der Waals surface area contributed by atoms with E-state index >= 15 is 0 Å². The van der Waals surface area contributed by atoms with Gasteiger partial charge in [0.1, 0.15) is 0 Å². The first kappa shape index (κ1) is 15.7. The Kier molecular flexibility index (Phi) is 5.70. The van der Waals surface area contributed by atoms with Crippen molar-refractivity contribution in [2.24, 2.45) is 0 Å². The van der Waals surface area contributed by atoms with E-state index in [-0.39, 0.29) is 18.5 Å². The lowest BCUT2D eigenvalue weighted by molar-refractivity contribution is -0.115. The molecule has 0 spiro atoms. The summed E-state index contributed by atoms with van der Waals surface area (Å²) in [5.74, 6) is -0.0872. The molecule has 4 nitrogen and oxygen atoms in total. The van der Waals surface area contributed by atoms with Crippen molar-refractivity contribution in [2.45, 2.75) is 19.4 Å². The van der Waals surface area contributed by atoms with Crippen LogP contribution in [0.25, 0.3) is 0 Å². The highest BCUT2D eigenvalue weighted by molar-refractivity contribution is 5.92. The first-order valence-corrected chi connectivity index (χ1v) is 7.23. The Morgan fingerprint density at radius 2 is 1.82 bits per heavy atom. The number of carbonyl (C=O) groups is 1. The first-order valence-electron chi connectivity index (χ1n) is 7.23. The van der Waals surface area contributed by atoms with E-state index in [9.17, 15) is 4.79 Å². The van der Waals surface area contributed by atoms with Crippen LogP contribution in [0.2, 0.25) is 0 Å². The number of hydrogen-bond donors (Lipinski definition) is 2. The number of anilines is 1. The van der Waals surface area contributed by atoms with Gasteiger partial charge in [-0.05, 0) is 30.2 Å². The average molecular weight is 293 g/mol. The van der Waals surface area contributed by atoms with Crippen LogP contribution in [-0.4, -0.2) is 12.5 Å². The van der Waals surface area contributed by atoms with Gasteiger partial charge >= 0.3 is 0 Å². The van der Waals surface area contributed by atoms with Gasteiger partial charge in [-0.1, -0.05) is 42.5 Å². The highest BCUT2D eigenvalue weighted by atomic mass is 16.1. The second kappa shape index (κ2) is 7.96. The molecule has 2 aromatic carbocycles. The quantitative estimate of drug-likeness (QED) is 0.860. The van der Waals surface area contributed by atoms with Crippen LogP contribution in [0.3, 0.4) is 0 Å². The number of amides is 1. The Morgan fingerprint density at radius 1 is 1.14 bits per heavy atom. The second-order valence-electron chi connectivity index (χ2n) is 5.09. The number of hydrogen-bond acceptors (Lipinski definition) is 3. The molecule has 0 saturated carbocycles. The smallest absolute Gasteiger partial charge is 0.238 e. The largest absolute Gasteiger partial charge is 0.325 e. The highest BCUT2D eigenvalue weighted by Crippen LogP contribution is 2.12. The molecule has 0 aromatic heterocycles. The minimum absolute atomic E-state index is 0.0872. The van der Waals surface area contributed by atoms with Gasteiger partial charge < -0.3 is 10.6 Å². The van der Waals surface area contributed by atoms with E-state index in [2.05, 4.69) is 16.7 Å². The van der Waals surface area contributed by atoms with Gasteiger partial charge in [-0.25, -0.2) is 0 Å². The van der Waals surface area contributed by atoms with Crippen LogP contribution in [0.5, 0.6) is 0 Å². The summed E-state index contributed by atoms with van der Waals surface area (Å²) in [5.41, 5.74) is 2.83. The third-order valence-electron chi connectivity index (χ3n) is 3.39. The van der Waals surface area contributed by atoms with E-state index < -0.39 is 0 Å². The van der Waals surface area contributed by atoms with E-state index in [0.29, 0.717) is 6.42 Å². The van der Waals surface area contributed by atoms with Gasteiger partial charge in [0, 0.05) is 11.7 Å². The molecule has 0 aliphatic rings. The van der Waals surface area contributed by atoms with Gasteiger partial charge in [0.25, 0.3) is 0 Å². The summed E-state index contributed by atoms with van der Waals surface area (Å²) in [6, 6.07) is 19.5. The van der Waals surface area contributed by atoms with E-state index in [1.807, 2.05) is 61.5 Å². The van der Waals surface area contributed by atoms with Gasteiger partial charge in [-0.2, -0.15) is 5.26 Å². The minimum atomic E-state index is -0.0872.